The van der Waals surface area contributed by atoms with E-state index in [0.717, 1.165) is 62.0 Å². The fraction of sp³-hybridized carbons (Fsp3) is 0.552. The Morgan fingerprint density at radius 3 is 2.62 bits per heavy atom. The molecule has 2 bridgehead atoms. The van der Waals surface area contributed by atoms with Crippen molar-refractivity contribution >= 4 is 29.3 Å². The molecular weight excluding hydrogens is 496 g/mol. The van der Waals surface area contributed by atoms with Crippen LogP contribution in [0.3, 0.4) is 0 Å². The van der Waals surface area contributed by atoms with Crippen LogP contribution in [-0.4, -0.2) is 62.3 Å². The predicted molar refractivity (Wildman–Crippen MR) is 141 cm³/mol. The standard InChI is InChI=1S/C29H34N6O4/c1-28-15-29(16-28,17-28)27(39)33-9-7-20(8-10-33)35-13-18(12-31-35)11-30-21-4-2-3-19-14-34(26(38)24(19)21)22-5-6-23(36)32-25(22)37/h2-4,12-13,20,22,30H,5-11,14-17H2,1H3,(H,32,36,37). The number of likely N-dealkylation sites (tertiary alicyclic amines) is 1. The van der Waals surface area contributed by atoms with Crippen LogP contribution in [0.1, 0.15) is 79.4 Å². The van der Waals surface area contributed by atoms with E-state index in [2.05, 4.69) is 33.8 Å². The minimum atomic E-state index is -0.627. The van der Waals surface area contributed by atoms with Crippen molar-refractivity contribution in [1.29, 1.82) is 0 Å². The first kappa shape index (κ1) is 24.4. The minimum absolute atomic E-state index is 0.0377. The molecule has 1 aromatic carbocycles. The highest BCUT2D eigenvalue weighted by molar-refractivity contribution is 6.07. The van der Waals surface area contributed by atoms with E-state index in [0.29, 0.717) is 36.4 Å². The maximum atomic E-state index is 13.3. The zero-order valence-electron chi connectivity index (χ0n) is 22.2. The van der Waals surface area contributed by atoms with Crippen LogP contribution in [0.4, 0.5) is 5.69 Å². The molecule has 39 heavy (non-hydrogen) atoms. The van der Waals surface area contributed by atoms with Crippen molar-refractivity contribution in [3.8, 4) is 0 Å². The molecule has 4 heterocycles. The third-order valence-electron chi connectivity index (χ3n) is 9.57. The van der Waals surface area contributed by atoms with Crippen LogP contribution in [-0.2, 0) is 27.5 Å². The lowest BCUT2D eigenvalue weighted by Gasteiger charge is -2.69. The summed E-state index contributed by atoms with van der Waals surface area (Å²) in [6.07, 6.45) is 9.51. The molecule has 1 aromatic heterocycles. The molecule has 204 valence electrons. The summed E-state index contributed by atoms with van der Waals surface area (Å²) in [7, 11) is 0. The van der Waals surface area contributed by atoms with Gasteiger partial charge in [0.05, 0.1) is 23.2 Å². The summed E-state index contributed by atoms with van der Waals surface area (Å²) in [6.45, 7) is 4.74. The first-order valence-corrected chi connectivity index (χ1v) is 14.1. The molecular formula is C29H34N6O4. The lowest BCUT2D eigenvalue weighted by molar-refractivity contribution is -0.210. The van der Waals surface area contributed by atoms with E-state index in [1.165, 1.54) is 0 Å². The van der Waals surface area contributed by atoms with E-state index in [4.69, 9.17) is 0 Å². The molecule has 6 aliphatic rings. The Balaban J connectivity index is 0.961. The third kappa shape index (κ3) is 3.94. The Labute approximate surface area is 227 Å². The topological polar surface area (TPSA) is 117 Å². The number of nitrogens with zero attached hydrogens (tertiary/aromatic N) is 4. The number of carbonyl (C=O) groups is 4. The van der Waals surface area contributed by atoms with Crippen LogP contribution in [0.15, 0.2) is 30.6 Å². The summed E-state index contributed by atoms with van der Waals surface area (Å²) >= 11 is 0. The Morgan fingerprint density at radius 1 is 1.13 bits per heavy atom. The molecule has 10 heteroatoms. The van der Waals surface area contributed by atoms with Gasteiger partial charge in [0.1, 0.15) is 6.04 Å². The smallest absolute Gasteiger partial charge is 0.257 e. The van der Waals surface area contributed by atoms with Gasteiger partial charge < -0.3 is 15.1 Å². The lowest BCUT2D eigenvalue weighted by Crippen LogP contribution is -2.67. The quantitative estimate of drug-likeness (QED) is 0.555. The molecule has 2 N–H and O–H groups in total. The highest BCUT2D eigenvalue weighted by Crippen LogP contribution is 2.73. The predicted octanol–water partition coefficient (Wildman–Crippen LogP) is 2.61. The van der Waals surface area contributed by atoms with Crippen molar-refractivity contribution in [3.05, 3.63) is 47.3 Å². The van der Waals surface area contributed by atoms with Gasteiger partial charge in [0, 0.05) is 50.0 Å². The SMILES string of the molecule is CC12CC(C(=O)N3CCC(n4cc(CNc5cccc6c5C(=O)N(C5CCC(=O)NC5=O)C6)cn4)CC3)(C1)C2. The molecule has 1 unspecified atom stereocenters. The first-order chi connectivity index (χ1) is 18.7. The van der Waals surface area contributed by atoms with Gasteiger partial charge >= 0.3 is 0 Å². The van der Waals surface area contributed by atoms with E-state index < -0.39 is 11.9 Å². The number of rotatable bonds is 6. The summed E-state index contributed by atoms with van der Waals surface area (Å²) in [5, 5.41) is 10.4. The Morgan fingerprint density at radius 2 is 1.90 bits per heavy atom. The van der Waals surface area contributed by atoms with Crippen molar-refractivity contribution in [1.82, 2.24) is 24.9 Å². The number of imide groups is 1. The number of fused-ring (bicyclic) bond motifs is 1. The Hall–Kier alpha value is -3.69. The van der Waals surface area contributed by atoms with Crippen molar-refractivity contribution in [2.45, 2.75) is 77.0 Å². The van der Waals surface area contributed by atoms with E-state index in [9.17, 15) is 19.2 Å². The molecule has 1 atom stereocenters. The highest BCUT2D eigenvalue weighted by atomic mass is 16.2. The monoisotopic (exact) mass is 530 g/mol. The number of carbonyl (C=O) groups excluding carboxylic acids is 4. The van der Waals surface area contributed by atoms with Gasteiger partial charge in [-0.3, -0.25) is 29.2 Å². The molecule has 2 saturated heterocycles. The number of nitrogens with one attached hydrogen (secondary N) is 2. The van der Waals surface area contributed by atoms with Gasteiger partial charge in [-0.2, -0.15) is 5.10 Å². The van der Waals surface area contributed by atoms with E-state index in [1.807, 2.05) is 29.1 Å². The van der Waals surface area contributed by atoms with Crippen LogP contribution < -0.4 is 10.6 Å². The molecule has 2 aromatic rings. The number of hydrogen-bond donors (Lipinski definition) is 2. The number of piperidine rings is 2. The summed E-state index contributed by atoms with van der Waals surface area (Å²) < 4.78 is 2.02. The fourth-order valence-electron chi connectivity index (χ4n) is 7.82. The Kier molecular flexibility index (Phi) is 5.41. The Bertz CT molecular complexity index is 1370. The van der Waals surface area contributed by atoms with Gasteiger partial charge in [0.25, 0.3) is 5.91 Å². The molecule has 0 radical (unpaired) electrons. The average molecular weight is 531 g/mol. The van der Waals surface area contributed by atoms with E-state index >= 15 is 0 Å². The van der Waals surface area contributed by atoms with E-state index in [-0.39, 0.29) is 29.7 Å². The van der Waals surface area contributed by atoms with Crippen molar-refractivity contribution in [2.24, 2.45) is 10.8 Å². The van der Waals surface area contributed by atoms with E-state index in [1.54, 1.807) is 4.90 Å². The molecule has 3 aliphatic heterocycles. The molecule has 8 rings (SSSR count). The minimum Gasteiger partial charge on any atom is -0.380 e. The first-order valence-electron chi connectivity index (χ1n) is 14.1. The molecule has 5 fully saturated rings. The molecule has 3 aliphatic carbocycles. The summed E-state index contributed by atoms with van der Waals surface area (Å²) in [5.74, 6) is -0.511. The molecule has 3 saturated carbocycles. The highest BCUT2D eigenvalue weighted by Gasteiger charge is 2.69. The van der Waals surface area contributed by atoms with Crippen molar-refractivity contribution < 1.29 is 19.2 Å². The zero-order chi connectivity index (χ0) is 26.9. The molecule has 10 nitrogen and oxygen atoms in total. The maximum Gasteiger partial charge on any atom is 0.257 e. The summed E-state index contributed by atoms with van der Waals surface area (Å²) in [6, 6.07) is 5.35. The largest absolute Gasteiger partial charge is 0.380 e. The number of benzene rings is 1. The summed E-state index contributed by atoms with van der Waals surface area (Å²) in [5.41, 5.74) is 3.61. The van der Waals surface area contributed by atoms with Crippen molar-refractivity contribution in [3.63, 3.8) is 0 Å². The van der Waals surface area contributed by atoms with Crippen LogP contribution in [0.25, 0.3) is 0 Å². The lowest BCUT2D eigenvalue weighted by atomic mass is 9.35. The number of amides is 4. The second-order valence-corrected chi connectivity index (χ2v) is 12.6. The fourth-order valence-corrected chi connectivity index (χ4v) is 7.82. The second-order valence-electron chi connectivity index (χ2n) is 12.6. The summed E-state index contributed by atoms with van der Waals surface area (Å²) in [4.78, 5) is 53.9. The van der Waals surface area contributed by atoms with Gasteiger partial charge in [0.15, 0.2) is 0 Å². The number of anilines is 1. The van der Waals surface area contributed by atoms with Crippen LogP contribution in [0, 0.1) is 10.8 Å². The van der Waals surface area contributed by atoms with Gasteiger partial charge in [-0.15, -0.1) is 0 Å². The van der Waals surface area contributed by atoms with Gasteiger partial charge in [-0.05, 0) is 55.6 Å². The van der Waals surface area contributed by atoms with Crippen LogP contribution >= 0.6 is 0 Å². The number of aromatic nitrogens is 2. The maximum absolute atomic E-state index is 13.3. The van der Waals surface area contributed by atoms with Gasteiger partial charge in [-0.25, -0.2) is 0 Å². The number of hydrogen-bond acceptors (Lipinski definition) is 6. The zero-order valence-corrected chi connectivity index (χ0v) is 22.2. The third-order valence-corrected chi connectivity index (χ3v) is 9.57. The normalized spacial score (nSPS) is 30.0. The molecule has 4 amide bonds. The van der Waals surface area contributed by atoms with Crippen molar-refractivity contribution in [2.75, 3.05) is 18.4 Å². The van der Waals surface area contributed by atoms with Crippen LogP contribution in [0.5, 0.6) is 0 Å². The van der Waals surface area contributed by atoms with Gasteiger partial charge in [-0.1, -0.05) is 19.1 Å². The molecule has 0 spiro atoms. The van der Waals surface area contributed by atoms with Gasteiger partial charge in [0.2, 0.25) is 17.7 Å². The second kappa shape index (κ2) is 8.66. The van der Waals surface area contributed by atoms with Crippen LogP contribution in [0.2, 0.25) is 0 Å². The average Bonchev–Trinajstić information content (AvgIpc) is 3.50.